The Bertz CT molecular complexity index is 1420. The minimum atomic E-state index is -0.324. The minimum Gasteiger partial charge on any atom is -0.351 e. The van der Waals surface area contributed by atoms with E-state index in [4.69, 9.17) is 0 Å². The molecule has 3 aromatic carbocycles. The van der Waals surface area contributed by atoms with E-state index >= 15 is 0 Å². The SMILES string of the molecule is O=C(C(c1ccccc1)c1ccccc1)N1CCN(c2ncnc3c2nnn3-c2ccccc2)CC1. The fraction of sp³-hybridized carbons (Fsp3) is 0.179. The molecule has 5 aromatic rings. The number of benzene rings is 3. The van der Waals surface area contributed by atoms with Gasteiger partial charge >= 0.3 is 0 Å². The molecule has 0 saturated carbocycles. The third-order valence-electron chi connectivity index (χ3n) is 6.62. The lowest BCUT2D eigenvalue weighted by molar-refractivity contribution is -0.132. The second-order valence-corrected chi connectivity index (χ2v) is 8.77. The highest BCUT2D eigenvalue weighted by Crippen LogP contribution is 2.29. The van der Waals surface area contributed by atoms with Gasteiger partial charge in [0.2, 0.25) is 5.91 Å². The summed E-state index contributed by atoms with van der Waals surface area (Å²) in [5.74, 6) is 0.544. The first-order valence-corrected chi connectivity index (χ1v) is 12.0. The summed E-state index contributed by atoms with van der Waals surface area (Å²) in [6.45, 7) is 2.53. The van der Waals surface area contributed by atoms with Gasteiger partial charge in [0.05, 0.1) is 11.6 Å². The first-order chi connectivity index (χ1) is 17.8. The maximum atomic E-state index is 13.8. The van der Waals surface area contributed by atoms with E-state index < -0.39 is 0 Å². The largest absolute Gasteiger partial charge is 0.351 e. The van der Waals surface area contributed by atoms with E-state index in [9.17, 15) is 4.79 Å². The van der Waals surface area contributed by atoms with Crippen molar-refractivity contribution in [1.82, 2.24) is 29.9 Å². The molecule has 0 bridgehead atoms. The Kier molecular flexibility index (Phi) is 5.83. The lowest BCUT2D eigenvalue weighted by Gasteiger charge is -2.37. The zero-order valence-electron chi connectivity index (χ0n) is 19.7. The highest BCUT2D eigenvalue weighted by Gasteiger charge is 2.31. The van der Waals surface area contributed by atoms with E-state index in [0.717, 1.165) is 22.6 Å². The van der Waals surface area contributed by atoms with Gasteiger partial charge < -0.3 is 9.80 Å². The molecule has 0 aliphatic carbocycles. The van der Waals surface area contributed by atoms with Crippen LogP contribution in [0.1, 0.15) is 17.0 Å². The van der Waals surface area contributed by atoms with Crippen molar-refractivity contribution >= 4 is 22.9 Å². The molecule has 0 radical (unpaired) electrons. The van der Waals surface area contributed by atoms with Crippen LogP contribution in [0.5, 0.6) is 0 Å². The zero-order valence-corrected chi connectivity index (χ0v) is 19.7. The van der Waals surface area contributed by atoms with Gasteiger partial charge in [-0.15, -0.1) is 5.10 Å². The number of para-hydroxylation sites is 1. The lowest BCUT2D eigenvalue weighted by Crippen LogP contribution is -2.50. The summed E-state index contributed by atoms with van der Waals surface area (Å²) in [5.41, 5.74) is 4.23. The Hall–Kier alpha value is -4.59. The van der Waals surface area contributed by atoms with Crippen LogP contribution in [0, 0.1) is 0 Å². The van der Waals surface area contributed by atoms with Crippen molar-refractivity contribution in [3.05, 3.63) is 108 Å². The van der Waals surface area contributed by atoms with Crippen LogP contribution in [0.25, 0.3) is 16.9 Å². The Balaban J connectivity index is 1.23. The molecule has 1 aliphatic rings. The first-order valence-electron chi connectivity index (χ1n) is 12.0. The Morgan fingerprint density at radius 2 is 1.31 bits per heavy atom. The highest BCUT2D eigenvalue weighted by molar-refractivity contribution is 5.88. The standard InChI is InChI=1S/C28H25N7O/c36-28(24(21-10-4-1-5-11-21)22-12-6-2-7-13-22)34-18-16-33(17-19-34)26-25-27(30-20-29-26)35(32-31-25)23-14-8-3-9-15-23/h1-15,20,24H,16-19H2. The molecule has 0 unspecified atom stereocenters. The van der Waals surface area contributed by atoms with Gasteiger partial charge in [0.1, 0.15) is 6.33 Å². The number of hydrogen-bond acceptors (Lipinski definition) is 6. The van der Waals surface area contributed by atoms with Crippen LogP contribution < -0.4 is 4.90 Å². The summed E-state index contributed by atoms with van der Waals surface area (Å²) in [7, 11) is 0. The van der Waals surface area contributed by atoms with E-state index in [1.165, 1.54) is 0 Å². The fourth-order valence-corrected chi connectivity index (χ4v) is 4.80. The van der Waals surface area contributed by atoms with E-state index in [0.29, 0.717) is 37.3 Å². The highest BCUT2D eigenvalue weighted by atomic mass is 16.2. The summed E-state index contributed by atoms with van der Waals surface area (Å²) in [4.78, 5) is 26.9. The second-order valence-electron chi connectivity index (χ2n) is 8.77. The number of hydrogen-bond donors (Lipinski definition) is 0. The molecule has 1 aliphatic heterocycles. The minimum absolute atomic E-state index is 0.120. The summed E-state index contributed by atoms with van der Waals surface area (Å²) >= 11 is 0. The molecule has 0 N–H and O–H groups in total. The summed E-state index contributed by atoms with van der Waals surface area (Å²) in [6.07, 6.45) is 1.55. The topological polar surface area (TPSA) is 80.0 Å². The molecule has 1 amide bonds. The van der Waals surface area contributed by atoms with Gasteiger partial charge in [-0.2, -0.15) is 4.68 Å². The van der Waals surface area contributed by atoms with E-state index in [1.54, 1.807) is 11.0 Å². The number of piperazine rings is 1. The van der Waals surface area contributed by atoms with Crippen molar-refractivity contribution in [2.24, 2.45) is 0 Å². The summed E-state index contributed by atoms with van der Waals surface area (Å²) in [5, 5.41) is 8.73. The van der Waals surface area contributed by atoms with Crippen molar-refractivity contribution in [3.8, 4) is 5.69 Å². The maximum absolute atomic E-state index is 13.8. The van der Waals surface area contributed by atoms with Crippen molar-refractivity contribution < 1.29 is 4.79 Å². The molecule has 2 aromatic heterocycles. The molecule has 1 fully saturated rings. The van der Waals surface area contributed by atoms with E-state index in [-0.39, 0.29) is 11.8 Å². The third-order valence-corrected chi connectivity index (χ3v) is 6.62. The molecule has 1 saturated heterocycles. The van der Waals surface area contributed by atoms with Crippen LogP contribution >= 0.6 is 0 Å². The number of fused-ring (bicyclic) bond motifs is 1. The van der Waals surface area contributed by atoms with E-state index in [1.807, 2.05) is 95.9 Å². The monoisotopic (exact) mass is 475 g/mol. The molecule has 8 nitrogen and oxygen atoms in total. The van der Waals surface area contributed by atoms with Crippen LogP contribution in [-0.4, -0.2) is 61.9 Å². The van der Waals surface area contributed by atoms with Gasteiger partial charge in [0.25, 0.3) is 0 Å². The van der Waals surface area contributed by atoms with Crippen LogP contribution in [0.15, 0.2) is 97.3 Å². The average Bonchev–Trinajstić information content (AvgIpc) is 3.39. The van der Waals surface area contributed by atoms with Crippen LogP contribution in [-0.2, 0) is 4.79 Å². The molecule has 6 rings (SSSR count). The van der Waals surface area contributed by atoms with Crippen molar-refractivity contribution in [2.75, 3.05) is 31.1 Å². The number of rotatable bonds is 5. The number of carbonyl (C=O) groups is 1. The van der Waals surface area contributed by atoms with Gasteiger partial charge in [-0.3, -0.25) is 4.79 Å². The normalized spacial score (nSPS) is 13.9. The predicted molar refractivity (Wildman–Crippen MR) is 138 cm³/mol. The van der Waals surface area contributed by atoms with Crippen LogP contribution in [0.2, 0.25) is 0 Å². The number of carbonyl (C=O) groups excluding carboxylic acids is 1. The molecular weight excluding hydrogens is 450 g/mol. The van der Waals surface area contributed by atoms with Crippen LogP contribution in [0.4, 0.5) is 5.82 Å². The molecular formula is C28H25N7O. The first kappa shape index (κ1) is 21.9. The molecule has 0 atom stereocenters. The Morgan fingerprint density at radius 1 is 0.722 bits per heavy atom. The Labute approximate surface area is 208 Å². The van der Waals surface area contributed by atoms with Gasteiger partial charge in [0.15, 0.2) is 17.0 Å². The second kappa shape index (κ2) is 9.58. The Morgan fingerprint density at radius 3 is 1.92 bits per heavy atom. The van der Waals surface area contributed by atoms with Gasteiger partial charge in [-0.05, 0) is 23.3 Å². The summed E-state index contributed by atoms with van der Waals surface area (Å²) in [6, 6.07) is 29.8. The fourth-order valence-electron chi connectivity index (χ4n) is 4.80. The zero-order chi connectivity index (χ0) is 24.3. The van der Waals surface area contributed by atoms with Gasteiger partial charge in [-0.25, -0.2) is 9.97 Å². The lowest BCUT2D eigenvalue weighted by atomic mass is 9.90. The number of anilines is 1. The maximum Gasteiger partial charge on any atom is 0.234 e. The van der Waals surface area contributed by atoms with Crippen molar-refractivity contribution in [3.63, 3.8) is 0 Å². The smallest absolute Gasteiger partial charge is 0.234 e. The van der Waals surface area contributed by atoms with E-state index in [2.05, 4.69) is 25.2 Å². The molecule has 8 heteroatoms. The van der Waals surface area contributed by atoms with Crippen molar-refractivity contribution in [2.45, 2.75) is 5.92 Å². The van der Waals surface area contributed by atoms with Crippen LogP contribution in [0.3, 0.4) is 0 Å². The number of amides is 1. The summed E-state index contributed by atoms with van der Waals surface area (Å²) < 4.78 is 1.73. The molecule has 36 heavy (non-hydrogen) atoms. The van der Waals surface area contributed by atoms with Crippen molar-refractivity contribution in [1.29, 1.82) is 0 Å². The molecule has 178 valence electrons. The third kappa shape index (κ3) is 4.07. The number of aromatic nitrogens is 5. The van der Waals surface area contributed by atoms with Gasteiger partial charge in [-0.1, -0.05) is 84.1 Å². The quantitative estimate of drug-likeness (QED) is 0.386. The predicted octanol–water partition coefficient (Wildman–Crippen LogP) is 3.69. The molecule has 0 spiro atoms. The van der Waals surface area contributed by atoms with Gasteiger partial charge in [0, 0.05) is 26.2 Å². The molecule has 3 heterocycles. The average molecular weight is 476 g/mol. The number of nitrogens with zero attached hydrogens (tertiary/aromatic N) is 7.